The zero-order valence-corrected chi connectivity index (χ0v) is 20.5. The first-order valence-corrected chi connectivity index (χ1v) is 11.9. The minimum absolute atomic E-state index is 0.147. The maximum atomic E-state index is 12.7. The Bertz CT molecular complexity index is 1250. The van der Waals surface area contributed by atoms with Crippen LogP contribution in [-0.4, -0.2) is 34.1 Å². The maximum absolute atomic E-state index is 12.7. The van der Waals surface area contributed by atoms with Crippen LogP contribution in [0.3, 0.4) is 0 Å². The summed E-state index contributed by atoms with van der Waals surface area (Å²) in [6, 6.07) is 22.0. The molecule has 0 radical (unpaired) electrons. The average Bonchev–Trinajstić information content (AvgIpc) is 3.07. The van der Waals surface area contributed by atoms with Crippen molar-refractivity contribution in [2.45, 2.75) is 6.61 Å². The molecule has 1 aliphatic rings. The van der Waals surface area contributed by atoms with E-state index in [4.69, 9.17) is 9.84 Å². The molecule has 0 aliphatic carbocycles. The Morgan fingerprint density at radius 1 is 1.12 bits per heavy atom. The van der Waals surface area contributed by atoms with Crippen LogP contribution in [0, 0.1) is 3.57 Å². The van der Waals surface area contributed by atoms with Crippen LogP contribution >= 0.6 is 34.4 Å². The van der Waals surface area contributed by atoms with E-state index in [1.54, 1.807) is 19.2 Å². The molecule has 3 aromatic rings. The second-order valence-electron chi connectivity index (χ2n) is 7.21. The molecular formula is C25H19IN2O4S. The molecule has 1 fully saturated rings. The lowest BCUT2D eigenvalue weighted by atomic mass is 10.2. The number of amidine groups is 1. The second kappa shape index (κ2) is 10.2. The highest BCUT2D eigenvalue weighted by molar-refractivity contribution is 14.1. The lowest BCUT2D eigenvalue weighted by Gasteiger charge is -2.07. The number of thioether (sulfide) groups is 1. The number of carbonyl (C=O) groups excluding carboxylic acids is 1. The summed E-state index contributed by atoms with van der Waals surface area (Å²) >= 11 is 3.52. The molecule has 4 rings (SSSR count). The van der Waals surface area contributed by atoms with E-state index in [-0.39, 0.29) is 11.5 Å². The predicted octanol–water partition coefficient (Wildman–Crippen LogP) is 5.80. The van der Waals surface area contributed by atoms with Crippen molar-refractivity contribution in [2.24, 2.45) is 4.99 Å². The number of nitrogens with zero attached hydrogens (tertiary/aromatic N) is 2. The zero-order valence-electron chi connectivity index (χ0n) is 17.6. The monoisotopic (exact) mass is 570 g/mol. The molecule has 0 unspecified atom stereocenters. The van der Waals surface area contributed by atoms with Crippen LogP contribution in [0.25, 0.3) is 6.08 Å². The van der Waals surface area contributed by atoms with Gasteiger partial charge in [0.2, 0.25) is 0 Å². The summed E-state index contributed by atoms with van der Waals surface area (Å²) in [5.41, 5.74) is 2.59. The van der Waals surface area contributed by atoms with Gasteiger partial charge in [-0.05, 0) is 94.0 Å². The van der Waals surface area contributed by atoms with Crippen molar-refractivity contribution < 1.29 is 19.4 Å². The number of aliphatic imine (C=N–C) groups is 1. The maximum Gasteiger partial charge on any atom is 0.335 e. The average molecular weight is 570 g/mol. The number of halogens is 1. The fourth-order valence-electron chi connectivity index (χ4n) is 3.03. The summed E-state index contributed by atoms with van der Waals surface area (Å²) in [5, 5.41) is 9.65. The van der Waals surface area contributed by atoms with E-state index in [9.17, 15) is 9.59 Å². The minimum Gasteiger partial charge on any atom is -0.489 e. The van der Waals surface area contributed by atoms with E-state index < -0.39 is 5.97 Å². The summed E-state index contributed by atoms with van der Waals surface area (Å²) in [4.78, 5) is 30.3. The highest BCUT2D eigenvalue weighted by Crippen LogP contribution is 2.33. The van der Waals surface area contributed by atoms with Gasteiger partial charge in [-0.1, -0.05) is 30.3 Å². The number of carbonyl (C=O) groups is 2. The van der Waals surface area contributed by atoms with Gasteiger partial charge < -0.3 is 9.84 Å². The van der Waals surface area contributed by atoms with Gasteiger partial charge in [0.05, 0.1) is 16.2 Å². The smallest absolute Gasteiger partial charge is 0.335 e. The number of hydrogen-bond acceptors (Lipinski definition) is 5. The Hall–Kier alpha value is -3.11. The van der Waals surface area contributed by atoms with Crippen LogP contribution in [0.1, 0.15) is 21.5 Å². The SMILES string of the molecule is CN1C(=O)C(=Cc2ccc(OCc3ccc(I)cc3)cc2)SC1=Nc1cccc(C(=O)O)c1. The van der Waals surface area contributed by atoms with Crippen LogP contribution in [0.2, 0.25) is 0 Å². The van der Waals surface area contributed by atoms with E-state index in [0.29, 0.717) is 22.4 Å². The molecule has 6 nitrogen and oxygen atoms in total. The van der Waals surface area contributed by atoms with Gasteiger partial charge in [0.1, 0.15) is 12.4 Å². The normalized spacial score (nSPS) is 15.9. The number of carboxylic acid groups (broad SMARTS) is 1. The molecule has 1 N–H and O–H groups in total. The molecule has 3 aromatic carbocycles. The van der Waals surface area contributed by atoms with Crippen LogP contribution in [0.15, 0.2) is 82.7 Å². The first-order valence-electron chi connectivity index (χ1n) is 9.96. The molecular weight excluding hydrogens is 551 g/mol. The molecule has 33 heavy (non-hydrogen) atoms. The van der Waals surface area contributed by atoms with Crippen LogP contribution in [0.4, 0.5) is 5.69 Å². The molecule has 1 heterocycles. The van der Waals surface area contributed by atoms with Crippen molar-refractivity contribution in [1.29, 1.82) is 0 Å². The van der Waals surface area contributed by atoms with Gasteiger partial charge in [-0.3, -0.25) is 9.69 Å². The van der Waals surface area contributed by atoms with Gasteiger partial charge in [0, 0.05) is 10.6 Å². The third-order valence-electron chi connectivity index (χ3n) is 4.82. The number of ether oxygens (including phenoxy) is 1. The summed E-state index contributed by atoms with van der Waals surface area (Å²) in [7, 11) is 1.65. The molecule has 1 aliphatic heterocycles. The van der Waals surface area contributed by atoms with Gasteiger partial charge in [-0.25, -0.2) is 9.79 Å². The highest BCUT2D eigenvalue weighted by Gasteiger charge is 2.30. The molecule has 0 bridgehead atoms. The van der Waals surface area contributed by atoms with E-state index >= 15 is 0 Å². The summed E-state index contributed by atoms with van der Waals surface area (Å²) in [6.07, 6.45) is 1.81. The Kier molecular flexibility index (Phi) is 7.14. The number of likely N-dealkylation sites (N-methyl/N-ethyl adjacent to an activating group) is 1. The van der Waals surface area contributed by atoms with Crippen molar-refractivity contribution in [3.8, 4) is 5.75 Å². The molecule has 166 valence electrons. The molecule has 0 spiro atoms. The van der Waals surface area contributed by atoms with Crippen molar-refractivity contribution >= 4 is 63.2 Å². The number of hydrogen-bond donors (Lipinski definition) is 1. The number of rotatable bonds is 6. The van der Waals surface area contributed by atoms with Crippen LogP contribution < -0.4 is 4.74 Å². The zero-order chi connectivity index (χ0) is 23.4. The number of carboxylic acids is 1. The topological polar surface area (TPSA) is 79.2 Å². The van der Waals surface area contributed by atoms with Crippen molar-refractivity contribution in [1.82, 2.24) is 4.90 Å². The third kappa shape index (κ3) is 5.82. The van der Waals surface area contributed by atoms with Gasteiger partial charge in [-0.15, -0.1) is 0 Å². The summed E-state index contributed by atoms with van der Waals surface area (Å²) < 4.78 is 7.02. The van der Waals surface area contributed by atoms with Crippen LogP contribution in [0.5, 0.6) is 5.75 Å². The quantitative estimate of drug-likeness (QED) is 0.299. The first kappa shape index (κ1) is 23.1. The van der Waals surface area contributed by atoms with E-state index in [1.807, 2.05) is 54.6 Å². The number of benzene rings is 3. The fourth-order valence-corrected chi connectivity index (χ4v) is 4.38. The van der Waals surface area contributed by atoms with Crippen molar-refractivity contribution in [3.05, 3.63) is 98.0 Å². The van der Waals surface area contributed by atoms with E-state index in [2.05, 4.69) is 27.6 Å². The molecule has 1 amide bonds. The molecule has 8 heteroatoms. The number of amides is 1. The Morgan fingerprint density at radius 3 is 2.55 bits per heavy atom. The third-order valence-corrected chi connectivity index (χ3v) is 6.60. The van der Waals surface area contributed by atoms with Crippen molar-refractivity contribution in [3.63, 3.8) is 0 Å². The molecule has 0 atom stereocenters. The fraction of sp³-hybridized carbons (Fsp3) is 0.0800. The highest BCUT2D eigenvalue weighted by atomic mass is 127. The lowest BCUT2D eigenvalue weighted by Crippen LogP contribution is -2.23. The van der Waals surface area contributed by atoms with Gasteiger partial charge >= 0.3 is 5.97 Å². The van der Waals surface area contributed by atoms with Crippen molar-refractivity contribution in [2.75, 3.05) is 7.05 Å². The largest absolute Gasteiger partial charge is 0.489 e. The Morgan fingerprint density at radius 2 is 1.85 bits per heavy atom. The van der Waals surface area contributed by atoms with Gasteiger partial charge in [-0.2, -0.15) is 0 Å². The molecule has 1 saturated heterocycles. The lowest BCUT2D eigenvalue weighted by molar-refractivity contribution is -0.121. The van der Waals surface area contributed by atoms with E-state index in [1.165, 1.54) is 32.4 Å². The van der Waals surface area contributed by atoms with Crippen LogP contribution in [-0.2, 0) is 11.4 Å². The number of aromatic carboxylic acids is 1. The summed E-state index contributed by atoms with van der Waals surface area (Å²) in [5.74, 6) is -0.432. The van der Waals surface area contributed by atoms with Gasteiger partial charge in [0.25, 0.3) is 5.91 Å². The Balaban J connectivity index is 1.45. The molecule has 0 aromatic heterocycles. The standard InChI is InChI=1S/C25H19IN2O4S/c1-28-23(29)22(33-25(28)27-20-4-2-3-18(14-20)24(30)31)13-16-7-11-21(12-8-16)32-15-17-5-9-19(26)10-6-17/h2-14H,15H2,1H3,(H,30,31). The van der Waals surface area contributed by atoms with Gasteiger partial charge in [0.15, 0.2) is 5.17 Å². The minimum atomic E-state index is -1.02. The second-order valence-corrected chi connectivity index (χ2v) is 9.46. The first-order chi connectivity index (χ1) is 15.9. The molecule has 0 saturated carbocycles. The van der Waals surface area contributed by atoms with E-state index in [0.717, 1.165) is 16.9 Å². The Labute approximate surface area is 209 Å². The predicted molar refractivity (Wildman–Crippen MR) is 139 cm³/mol. The summed E-state index contributed by atoms with van der Waals surface area (Å²) in [6.45, 7) is 0.486.